The van der Waals surface area contributed by atoms with E-state index in [-0.39, 0.29) is 18.9 Å². The summed E-state index contributed by atoms with van der Waals surface area (Å²) >= 11 is 0. The molecular formula is C16H21NO5. The van der Waals surface area contributed by atoms with Gasteiger partial charge in [-0.3, -0.25) is 0 Å². The molecule has 2 rings (SSSR count). The van der Waals surface area contributed by atoms with Crippen molar-refractivity contribution in [1.29, 1.82) is 0 Å². The van der Waals surface area contributed by atoms with E-state index in [1.54, 1.807) is 0 Å². The molecule has 22 heavy (non-hydrogen) atoms. The van der Waals surface area contributed by atoms with Crippen molar-refractivity contribution in [2.75, 3.05) is 0 Å². The quantitative estimate of drug-likeness (QED) is 0.790. The zero-order valence-corrected chi connectivity index (χ0v) is 12.5. The largest absolute Gasteiger partial charge is 0.479 e. The highest BCUT2D eigenvalue weighted by atomic mass is 16.5. The van der Waals surface area contributed by atoms with Gasteiger partial charge in [0, 0.05) is 0 Å². The number of carboxylic acid groups (broad SMARTS) is 1. The fourth-order valence-electron chi connectivity index (χ4n) is 2.70. The third-order valence-electron chi connectivity index (χ3n) is 4.11. The molecule has 1 aliphatic rings. The first-order valence-electron chi connectivity index (χ1n) is 7.35. The van der Waals surface area contributed by atoms with Crippen molar-refractivity contribution in [3.05, 3.63) is 35.9 Å². The average Bonchev–Trinajstić information content (AvgIpc) is 2.50. The van der Waals surface area contributed by atoms with Crippen LogP contribution in [0.4, 0.5) is 4.79 Å². The van der Waals surface area contributed by atoms with E-state index in [2.05, 4.69) is 5.32 Å². The molecule has 0 aliphatic heterocycles. The lowest BCUT2D eigenvalue weighted by Gasteiger charge is -2.39. The van der Waals surface area contributed by atoms with Crippen molar-refractivity contribution in [3.63, 3.8) is 0 Å². The van der Waals surface area contributed by atoms with E-state index >= 15 is 0 Å². The standard InChI is InChI=1S/C16H21NO5/c1-11-7-8-16(21,14(18)19)13(9-11)17-15(20)22-10-12-5-3-2-4-6-12/h2-6,11,13,21H,7-10H2,1H3,(H,17,20)(H,18,19). The molecule has 6 nitrogen and oxygen atoms in total. The topological polar surface area (TPSA) is 95.9 Å². The highest BCUT2D eigenvalue weighted by Crippen LogP contribution is 2.32. The normalized spacial score (nSPS) is 27.9. The van der Waals surface area contributed by atoms with Crippen LogP contribution in [0.3, 0.4) is 0 Å². The van der Waals surface area contributed by atoms with E-state index < -0.39 is 23.7 Å². The highest BCUT2D eigenvalue weighted by Gasteiger charge is 2.48. The van der Waals surface area contributed by atoms with Gasteiger partial charge in [0.15, 0.2) is 5.60 Å². The Morgan fingerprint density at radius 1 is 1.36 bits per heavy atom. The Bertz CT molecular complexity index is 533. The molecule has 1 aromatic rings. The van der Waals surface area contributed by atoms with Crippen molar-refractivity contribution in [2.45, 2.75) is 44.4 Å². The van der Waals surface area contributed by atoms with Gasteiger partial charge in [-0.1, -0.05) is 37.3 Å². The highest BCUT2D eigenvalue weighted by molar-refractivity contribution is 5.80. The Hall–Kier alpha value is -2.08. The number of hydrogen-bond acceptors (Lipinski definition) is 4. The minimum absolute atomic E-state index is 0.0977. The zero-order chi connectivity index (χ0) is 16.2. The predicted molar refractivity (Wildman–Crippen MR) is 79.2 cm³/mol. The molecule has 0 spiro atoms. The molecule has 1 fully saturated rings. The van der Waals surface area contributed by atoms with E-state index in [0.717, 1.165) is 5.56 Å². The lowest BCUT2D eigenvalue weighted by molar-refractivity contribution is -0.166. The number of amides is 1. The maximum absolute atomic E-state index is 11.9. The lowest BCUT2D eigenvalue weighted by Crippen LogP contribution is -2.60. The molecule has 3 unspecified atom stereocenters. The van der Waals surface area contributed by atoms with Crippen LogP contribution in [-0.2, 0) is 16.1 Å². The molecule has 0 bridgehead atoms. The number of ether oxygens (including phenoxy) is 1. The summed E-state index contributed by atoms with van der Waals surface area (Å²) in [7, 11) is 0. The molecule has 6 heteroatoms. The summed E-state index contributed by atoms with van der Waals surface area (Å²) < 4.78 is 5.09. The average molecular weight is 307 g/mol. The Morgan fingerprint density at radius 2 is 2.05 bits per heavy atom. The first-order valence-corrected chi connectivity index (χ1v) is 7.35. The minimum atomic E-state index is -1.93. The van der Waals surface area contributed by atoms with Crippen LogP contribution in [-0.4, -0.2) is 33.9 Å². The van der Waals surface area contributed by atoms with Gasteiger partial charge in [0.25, 0.3) is 0 Å². The molecule has 120 valence electrons. The van der Waals surface area contributed by atoms with E-state index in [1.165, 1.54) is 0 Å². The van der Waals surface area contributed by atoms with Crippen molar-refractivity contribution in [1.82, 2.24) is 5.32 Å². The number of carboxylic acids is 1. The summed E-state index contributed by atoms with van der Waals surface area (Å²) in [6.07, 6.45) is 0.416. The number of rotatable bonds is 4. The molecule has 0 radical (unpaired) electrons. The number of carbonyl (C=O) groups excluding carboxylic acids is 1. The Labute approximate surface area is 129 Å². The first kappa shape index (κ1) is 16.3. The summed E-state index contributed by atoms with van der Waals surface area (Å²) in [6.45, 7) is 2.06. The number of carbonyl (C=O) groups is 2. The molecule has 3 atom stereocenters. The molecule has 3 N–H and O–H groups in total. The van der Waals surface area contributed by atoms with Gasteiger partial charge in [0.2, 0.25) is 0 Å². The number of alkyl carbamates (subject to hydrolysis) is 1. The summed E-state index contributed by atoms with van der Waals surface area (Å²) in [6, 6.07) is 8.33. The summed E-state index contributed by atoms with van der Waals surface area (Å²) in [5, 5.41) is 22.0. The van der Waals surface area contributed by atoms with E-state index in [9.17, 15) is 19.8 Å². The van der Waals surface area contributed by atoms with Gasteiger partial charge in [-0.15, -0.1) is 0 Å². The summed E-state index contributed by atoms with van der Waals surface area (Å²) in [5.41, 5.74) is -1.10. The monoisotopic (exact) mass is 307 g/mol. The third-order valence-corrected chi connectivity index (χ3v) is 4.11. The predicted octanol–water partition coefficient (Wildman–Crippen LogP) is 1.92. The minimum Gasteiger partial charge on any atom is -0.479 e. The van der Waals surface area contributed by atoms with Crippen molar-refractivity contribution in [3.8, 4) is 0 Å². The third kappa shape index (κ3) is 3.76. The van der Waals surface area contributed by atoms with Gasteiger partial charge in [-0.05, 0) is 30.7 Å². The van der Waals surface area contributed by atoms with Crippen LogP contribution in [0.15, 0.2) is 30.3 Å². The first-order chi connectivity index (χ1) is 10.4. The number of benzene rings is 1. The van der Waals surface area contributed by atoms with Gasteiger partial charge < -0.3 is 20.3 Å². The smallest absolute Gasteiger partial charge is 0.407 e. The van der Waals surface area contributed by atoms with Crippen molar-refractivity contribution in [2.24, 2.45) is 5.92 Å². The number of nitrogens with one attached hydrogen (secondary N) is 1. The summed E-state index contributed by atoms with van der Waals surface area (Å²) in [4.78, 5) is 23.2. The fourth-order valence-corrected chi connectivity index (χ4v) is 2.70. The molecule has 0 heterocycles. The molecule has 1 saturated carbocycles. The SMILES string of the molecule is CC1CCC(O)(C(=O)O)C(NC(=O)OCc2ccccc2)C1. The van der Waals surface area contributed by atoms with E-state index in [0.29, 0.717) is 12.8 Å². The van der Waals surface area contributed by atoms with Gasteiger partial charge in [0.1, 0.15) is 6.61 Å². The molecule has 0 saturated heterocycles. The maximum Gasteiger partial charge on any atom is 0.407 e. The van der Waals surface area contributed by atoms with Crippen LogP contribution in [0, 0.1) is 5.92 Å². The van der Waals surface area contributed by atoms with E-state index in [1.807, 2.05) is 37.3 Å². The molecule has 0 aromatic heterocycles. The van der Waals surface area contributed by atoms with Gasteiger partial charge in [0.05, 0.1) is 6.04 Å². The lowest BCUT2D eigenvalue weighted by atomic mass is 9.75. The second kappa shape index (κ2) is 6.79. The Kier molecular flexibility index (Phi) is 5.03. The fraction of sp³-hybridized carbons (Fsp3) is 0.500. The summed E-state index contributed by atoms with van der Waals surface area (Å²) in [5.74, 6) is -1.08. The van der Waals surface area contributed by atoms with Crippen LogP contribution in [0.2, 0.25) is 0 Å². The molecule has 1 amide bonds. The van der Waals surface area contributed by atoms with Crippen LogP contribution in [0.5, 0.6) is 0 Å². The van der Waals surface area contributed by atoms with Crippen LogP contribution in [0.1, 0.15) is 31.7 Å². The van der Waals surface area contributed by atoms with E-state index in [4.69, 9.17) is 4.74 Å². The van der Waals surface area contributed by atoms with Crippen LogP contribution < -0.4 is 5.32 Å². The zero-order valence-electron chi connectivity index (χ0n) is 12.5. The maximum atomic E-state index is 11.9. The number of aliphatic carboxylic acids is 1. The second-order valence-electron chi connectivity index (χ2n) is 5.87. The molecular weight excluding hydrogens is 286 g/mol. The molecule has 1 aromatic carbocycles. The van der Waals surface area contributed by atoms with Crippen LogP contribution in [0.25, 0.3) is 0 Å². The molecule has 1 aliphatic carbocycles. The second-order valence-corrected chi connectivity index (χ2v) is 5.87. The van der Waals surface area contributed by atoms with Gasteiger partial charge >= 0.3 is 12.1 Å². The Balaban J connectivity index is 1.94. The number of hydrogen-bond donors (Lipinski definition) is 3. The van der Waals surface area contributed by atoms with Crippen molar-refractivity contribution < 1.29 is 24.5 Å². The Morgan fingerprint density at radius 3 is 2.68 bits per heavy atom. The van der Waals surface area contributed by atoms with Crippen LogP contribution >= 0.6 is 0 Å². The van der Waals surface area contributed by atoms with Gasteiger partial charge in [-0.25, -0.2) is 9.59 Å². The van der Waals surface area contributed by atoms with Gasteiger partial charge in [-0.2, -0.15) is 0 Å². The van der Waals surface area contributed by atoms with Crippen molar-refractivity contribution >= 4 is 12.1 Å². The number of aliphatic hydroxyl groups is 1.